The molecule has 1 aromatic rings. The average molecular weight is 350 g/mol. The fraction of sp³-hybridized carbons (Fsp3) is 0.417. The Bertz CT molecular complexity index is 472. The SMILES string of the molecule is NNC(=O)C1CCC(COc2ccc(Cl)cc2Br)O1. The molecular weight excluding hydrogens is 336 g/mol. The quantitative estimate of drug-likeness (QED) is 0.495. The molecule has 0 saturated carbocycles. The molecule has 0 aromatic heterocycles. The predicted octanol–water partition coefficient (Wildman–Crippen LogP) is 2.02. The van der Waals surface area contributed by atoms with Crippen molar-refractivity contribution in [1.82, 2.24) is 5.43 Å². The molecule has 5 nitrogen and oxygen atoms in total. The first kappa shape index (κ1) is 14.6. The Labute approximate surface area is 124 Å². The fourth-order valence-corrected chi connectivity index (χ4v) is 2.69. The van der Waals surface area contributed by atoms with Gasteiger partial charge in [0.2, 0.25) is 0 Å². The van der Waals surface area contributed by atoms with E-state index in [4.69, 9.17) is 26.9 Å². The van der Waals surface area contributed by atoms with Crippen molar-refractivity contribution in [3.63, 3.8) is 0 Å². The number of benzene rings is 1. The number of nitrogens with two attached hydrogens (primary N) is 1. The van der Waals surface area contributed by atoms with Gasteiger partial charge in [0, 0.05) is 5.02 Å². The van der Waals surface area contributed by atoms with Crippen LogP contribution in [0.25, 0.3) is 0 Å². The molecule has 1 aliphatic heterocycles. The molecule has 1 aromatic carbocycles. The summed E-state index contributed by atoms with van der Waals surface area (Å²) in [6.45, 7) is 0.384. The summed E-state index contributed by atoms with van der Waals surface area (Å²) in [6.07, 6.45) is 0.833. The number of carbonyl (C=O) groups is 1. The third-order valence-corrected chi connectivity index (χ3v) is 3.72. The lowest BCUT2D eigenvalue weighted by Crippen LogP contribution is -2.39. The van der Waals surface area contributed by atoms with Crippen molar-refractivity contribution in [3.05, 3.63) is 27.7 Å². The topological polar surface area (TPSA) is 73.6 Å². The Morgan fingerprint density at radius 3 is 3.05 bits per heavy atom. The highest BCUT2D eigenvalue weighted by Gasteiger charge is 2.30. The molecule has 104 valence electrons. The summed E-state index contributed by atoms with van der Waals surface area (Å²) in [6, 6.07) is 5.30. The van der Waals surface area contributed by atoms with E-state index in [1.54, 1.807) is 18.2 Å². The van der Waals surface area contributed by atoms with Crippen LogP contribution in [0.15, 0.2) is 22.7 Å². The molecular formula is C12H14BrClN2O3. The number of hydrogen-bond donors (Lipinski definition) is 2. The number of ether oxygens (including phenoxy) is 2. The lowest BCUT2D eigenvalue weighted by molar-refractivity contribution is -0.132. The Morgan fingerprint density at radius 1 is 1.58 bits per heavy atom. The summed E-state index contributed by atoms with van der Waals surface area (Å²) in [5.74, 6) is 5.46. The first-order valence-corrected chi connectivity index (χ1v) is 7.01. The molecule has 1 saturated heterocycles. The minimum atomic E-state index is -0.479. The van der Waals surface area contributed by atoms with E-state index in [1.807, 2.05) is 0 Å². The predicted molar refractivity (Wildman–Crippen MR) is 74.9 cm³/mol. The van der Waals surface area contributed by atoms with Gasteiger partial charge in [0.05, 0.1) is 10.6 Å². The van der Waals surface area contributed by atoms with Crippen LogP contribution in [0.2, 0.25) is 5.02 Å². The van der Waals surface area contributed by atoms with E-state index in [0.717, 1.165) is 10.9 Å². The monoisotopic (exact) mass is 348 g/mol. The zero-order valence-electron chi connectivity index (χ0n) is 10.1. The van der Waals surface area contributed by atoms with Crippen molar-refractivity contribution >= 4 is 33.4 Å². The van der Waals surface area contributed by atoms with E-state index >= 15 is 0 Å². The average Bonchev–Trinajstić information content (AvgIpc) is 2.85. The number of hydrogen-bond acceptors (Lipinski definition) is 4. The van der Waals surface area contributed by atoms with Crippen molar-refractivity contribution in [3.8, 4) is 5.75 Å². The molecule has 1 fully saturated rings. The Hall–Kier alpha value is -0.820. The van der Waals surface area contributed by atoms with Gasteiger partial charge in [-0.15, -0.1) is 0 Å². The van der Waals surface area contributed by atoms with Crippen LogP contribution in [0.1, 0.15) is 12.8 Å². The molecule has 0 aliphatic carbocycles. The van der Waals surface area contributed by atoms with Crippen LogP contribution in [-0.4, -0.2) is 24.7 Å². The fourth-order valence-electron chi connectivity index (χ4n) is 1.89. The molecule has 3 N–H and O–H groups in total. The second-order valence-corrected chi connectivity index (χ2v) is 5.51. The van der Waals surface area contributed by atoms with E-state index in [0.29, 0.717) is 23.8 Å². The maximum atomic E-state index is 11.3. The third-order valence-electron chi connectivity index (χ3n) is 2.86. The van der Waals surface area contributed by atoms with E-state index in [9.17, 15) is 4.79 Å². The highest BCUT2D eigenvalue weighted by Crippen LogP contribution is 2.29. The molecule has 2 atom stereocenters. The van der Waals surface area contributed by atoms with Gasteiger partial charge in [0.15, 0.2) is 0 Å². The molecule has 0 radical (unpaired) electrons. The molecule has 2 rings (SSSR count). The van der Waals surface area contributed by atoms with Crippen LogP contribution in [0, 0.1) is 0 Å². The summed E-state index contributed by atoms with van der Waals surface area (Å²) in [5.41, 5.74) is 2.09. The van der Waals surface area contributed by atoms with Crippen molar-refractivity contribution in [2.45, 2.75) is 25.0 Å². The molecule has 7 heteroatoms. The van der Waals surface area contributed by atoms with E-state index < -0.39 is 6.10 Å². The highest BCUT2D eigenvalue weighted by atomic mass is 79.9. The third kappa shape index (κ3) is 3.82. The van der Waals surface area contributed by atoms with Gasteiger partial charge in [-0.1, -0.05) is 11.6 Å². The molecule has 1 amide bonds. The van der Waals surface area contributed by atoms with Crippen molar-refractivity contribution in [1.29, 1.82) is 0 Å². The zero-order chi connectivity index (χ0) is 13.8. The Morgan fingerprint density at radius 2 is 2.37 bits per heavy atom. The summed E-state index contributed by atoms with van der Waals surface area (Å²) >= 11 is 9.22. The van der Waals surface area contributed by atoms with Gasteiger partial charge in [-0.3, -0.25) is 10.2 Å². The minimum absolute atomic E-state index is 0.107. The molecule has 2 unspecified atom stereocenters. The van der Waals surface area contributed by atoms with Crippen LogP contribution in [-0.2, 0) is 9.53 Å². The van der Waals surface area contributed by atoms with Crippen LogP contribution < -0.4 is 16.0 Å². The molecule has 1 heterocycles. The molecule has 1 aliphatic rings. The van der Waals surface area contributed by atoms with Crippen LogP contribution in [0.5, 0.6) is 5.75 Å². The van der Waals surface area contributed by atoms with E-state index in [-0.39, 0.29) is 12.0 Å². The van der Waals surface area contributed by atoms with Crippen molar-refractivity contribution in [2.24, 2.45) is 5.84 Å². The summed E-state index contributed by atoms with van der Waals surface area (Å²) < 4.78 is 12.0. The number of rotatable bonds is 4. The largest absolute Gasteiger partial charge is 0.490 e. The van der Waals surface area contributed by atoms with Crippen LogP contribution in [0.3, 0.4) is 0 Å². The Kier molecular flexibility index (Phi) is 5.04. The summed E-state index contributed by atoms with van der Waals surface area (Å²) in [7, 11) is 0. The second kappa shape index (κ2) is 6.56. The maximum Gasteiger partial charge on any atom is 0.263 e. The van der Waals surface area contributed by atoms with Crippen molar-refractivity contribution < 1.29 is 14.3 Å². The second-order valence-electron chi connectivity index (χ2n) is 4.22. The number of carbonyl (C=O) groups excluding carboxylic acids is 1. The lowest BCUT2D eigenvalue weighted by Gasteiger charge is -2.14. The van der Waals surface area contributed by atoms with Gasteiger partial charge in [-0.25, -0.2) is 5.84 Å². The number of hydrazine groups is 1. The molecule has 19 heavy (non-hydrogen) atoms. The highest BCUT2D eigenvalue weighted by molar-refractivity contribution is 9.10. The zero-order valence-corrected chi connectivity index (χ0v) is 12.4. The summed E-state index contributed by atoms with van der Waals surface area (Å²) in [4.78, 5) is 11.3. The van der Waals surface area contributed by atoms with Gasteiger partial charge in [-0.05, 0) is 47.0 Å². The van der Waals surface area contributed by atoms with E-state index in [1.165, 1.54) is 0 Å². The lowest BCUT2D eigenvalue weighted by atomic mass is 10.2. The number of halogens is 2. The summed E-state index contributed by atoms with van der Waals surface area (Å²) in [5, 5.41) is 0.635. The molecule has 0 spiro atoms. The minimum Gasteiger partial charge on any atom is -0.490 e. The molecule has 0 bridgehead atoms. The van der Waals surface area contributed by atoms with Crippen molar-refractivity contribution in [2.75, 3.05) is 6.61 Å². The number of amides is 1. The van der Waals surface area contributed by atoms with Crippen LogP contribution in [0.4, 0.5) is 0 Å². The smallest absolute Gasteiger partial charge is 0.263 e. The maximum absolute atomic E-state index is 11.3. The van der Waals surface area contributed by atoms with Gasteiger partial charge >= 0.3 is 0 Å². The van der Waals surface area contributed by atoms with Gasteiger partial charge in [0.1, 0.15) is 18.5 Å². The Balaban J connectivity index is 1.85. The van der Waals surface area contributed by atoms with Gasteiger partial charge < -0.3 is 9.47 Å². The normalized spacial score (nSPS) is 22.3. The van der Waals surface area contributed by atoms with Gasteiger partial charge in [0.25, 0.3) is 5.91 Å². The van der Waals surface area contributed by atoms with Crippen LogP contribution >= 0.6 is 27.5 Å². The first-order chi connectivity index (χ1) is 9.10. The number of nitrogens with one attached hydrogen (secondary N) is 1. The van der Waals surface area contributed by atoms with E-state index in [2.05, 4.69) is 21.4 Å². The first-order valence-electron chi connectivity index (χ1n) is 5.84. The van der Waals surface area contributed by atoms with Gasteiger partial charge in [-0.2, -0.15) is 0 Å². The standard InChI is InChI=1S/C12H14BrClN2O3/c13-9-5-7(14)1-3-10(9)18-6-8-2-4-11(19-8)12(17)16-15/h1,3,5,8,11H,2,4,6,15H2,(H,16,17).